The molecule has 0 N–H and O–H groups in total. The first-order valence-electron chi connectivity index (χ1n) is 5.28. The second kappa shape index (κ2) is 2.48. The normalized spacial score (nSPS) is 49.3. The highest BCUT2D eigenvalue weighted by atomic mass is 14.4. The maximum absolute atomic E-state index is 2.49. The monoisotopic (exact) mass is 160 g/mol. The van der Waals surface area contributed by atoms with Crippen LogP contribution >= 0.6 is 0 Å². The van der Waals surface area contributed by atoms with E-state index in [4.69, 9.17) is 0 Å². The fourth-order valence-electron chi connectivity index (χ4n) is 3.50. The van der Waals surface area contributed by atoms with Crippen molar-refractivity contribution >= 4 is 0 Å². The molecular formula is C12H16. The van der Waals surface area contributed by atoms with E-state index in [1.807, 2.05) is 0 Å². The minimum Gasteiger partial charge on any atom is -0.0880 e. The third-order valence-electron chi connectivity index (χ3n) is 4.01. The molecule has 0 aromatic heterocycles. The highest BCUT2D eigenvalue weighted by Crippen LogP contribution is 2.49. The van der Waals surface area contributed by atoms with Crippen LogP contribution in [0.2, 0.25) is 0 Å². The molecule has 0 heterocycles. The van der Waals surface area contributed by atoms with E-state index in [9.17, 15) is 0 Å². The Kier molecular flexibility index (Phi) is 1.44. The largest absolute Gasteiger partial charge is 0.0880 e. The second-order valence-corrected chi connectivity index (χ2v) is 4.57. The molecule has 3 aliphatic carbocycles. The van der Waals surface area contributed by atoms with E-state index in [1.54, 1.807) is 0 Å². The summed E-state index contributed by atoms with van der Waals surface area (Å²) in [4.78, 5) is 0. The van der Waals surface area contributed by atoms with Crippen LogP contribution in [0.25, 0.3) is 0 Å². The average molecular weight is 160 g/mol. The molecule has 0 amide bonds. The molecule has 0 heteroatoms. The number of rotatable bonds is 0. The lowest BCUT2D eigenvalue weighted by Gasteiger charge is -2.35. The topological polar surface area (TPSA) is 0 Å². The van der Waals surface area contributed by atoms with Crippen LogP contribution in [0.3, 0.4) is 0 Å². The van der Waals surface area contributed by atoms with Crippen molar-refractivity contribution in [1.29, 1.82) is 0 Å². The van der Waals surface area contributed by atoms with Crippen molar-refractivity contribution in [2.45, 2.75) is 25.7 Å². The molecule has 0 saturated heterocycles. The molecule has 1 saturated carbocycles. The van der Waals surface area contributed by atoms with Gasteiger partial charge >= 0.3 is 0 Å². The Labute approximate surface area is 74.4 Å². The molecule has 1 fully saturated rings. The smallest absolute Gasteiger partial charge is 0.0196 e. The molecule has 0 radical (unpaired) electrons. The summed E-state index contributed by atoms with van der Waals surface area (Å²) in [6.07, 6.45) is 15.4. The van der Waals surface area contributed by atoms with Crippen LogP contribution in [0.1, 0.15) is 25.7 Å². The van der Waals surface area contributed by atoms with Crippen molar-refractivity contribution < 1.29 is 0 Å². The molecule has 2 unspecified atom stereocenters. The maximum Gasteiger partial charge on any atom is -0.0196 e. The molecule has 2 atom stereocenters. The van der Waals surface area contributed by atoms with Crippen molar-refractivity contribution in [1.82, 2.24) is 0 Å². The number of allylic oxidation sites excluding steroid dienone is 4. The zero-order valence-corrected chi connectivity index (χ0v) is 7.45. The third-order valence-corrected chi connectivity index (χ3v) is 4.01. The predicted molar refractivity (Wildman–Crippen MR) is 50.7 cm³/mol. The van der Waals surface area contributed by atoms with Crippen molar-refractivity contribution in [3.05, 3.63) is 24.3 Å². The fourth-order valence-corrected chi connectivity index (χ4v) is 3.50. The summed E-state index contributed by atoms with van der Waals surface area (Å²) in [5, 5.41) is 0. The molecule has 64 valence electrons. The van der Waals surface area contributed by atoms with E-state index in [-0.39, 0.29) is 0 Å². The van der Waals surface area contributed by atoms with Gasteiger partial charge in [0, 0.05) is 0 Å². The van der Waals surface area contributed by atoms with E-state index in [2.05, 4.69) is 24.3 Å². The molecule has 0 spiro atoms. The van der Waals surface area contributed by atoms with E-state index < -0.39 is 0 Å². The van der Waals surface area contributed by atoms with E-state index in [0.29, 0.717) is 0 Å². The van der Waals surface area contributed by atoms with Crippen molar-refractivity contribution in [3.63, 3.8) is 0 Å². The van der Waals surface area contributed by atoms with Crippen LogP contribution in [0.15, 0.2) is 24.3 Å². The molecule has 0 aromatic rings. The van der Waals surface area contributed by atoms with Gasteiger partial charge < -0.3 is 0 Å². The molecule has 3 rings (SSSR count). The van der Waals surface area contributed by atoms with Gasteiger partial charge in [0.1, 0.15) is 0 Å². The summed E-state index contributed by atoms with van der Waals surface area (Å²) >= 11 is 0. The van der Waals surface area contributed by atoms with E-state index >= 15 is 0 Å². The van der Waals surface area contributed by atoms with Crippen molar-refractivity contribution in [2.75, 3.05) is 0 Å². The Morgan fingerprint density at radius 1 is 0.833 bits per heavy atom. The first kappa shape index (κ1) is 6.94. The van der Waals surface area contributed by atoms with Gasteiger partial charge in [-0.25, -0.2) is 0 Å². The lowest BCUT2D eigenvalue weighted by molar-refractivity contribution is 0.233. The van der Waals surface area contributed by atoms with Crippen LogP contribution in [0.5, 0.6) is 0 Å². The molecule has 0 nitrogen and oxygen atoms in total. The Bertz CT molecular complexity index is 212. The van der Waals surface area contributed by atoms with Gasteiger partial charge in [-0.15, -0.1) is 0 Å². The Morgan fingerprint density at radius 3 is 2.00 bits per heavy atom. The van der Waals surface area contributed by atoms with Crippen LogP contribution in [0, 0.1) is 23.7 Å². The maximum atomic E-state index is 2.49. The predicted octanol–water partition coefficient (Wildman–Crippen LogP) is 3.16. The Hall–Kier alpha value is -0.520. The highest BCUT2D eigenvalue weighted by Gasteiger charge is 2.40. The summed E-state index contributed by atoms with van der Waals surface area (Å²) in [5.74, 6) is 3.91. The standard InChI is InChI=1S/C12H16/c1-3-9-4-2-6-11-8-7-10(5-1)12(9)11/h1-2,5-6,9-12H,3-4,7-8H2. The summed E-state index contributed by atoms with van der Waals surface area (Å²) in [6, 6.07) is 0. The first-order valence-corrected chi connectivity index (χ1v) is 5.28. The van der Waals surface area contributed by atoms with E-state index in [0.717, 1.165) is 23.7 Å². The Morgan fingerprint density at radius 2 is 1.42 bits per heavy atom. The zero-order valence-electron chi connectivity index (χ0n) is 7.45. The first-order chi connectivity index (χ1) is 5.95. The minimum atomic E-state index is 0.943. The van der Waals surface area contributed by atoms with Crippen LogP contribution in [-0.2, 0) is 0 Å². The lowest BCUT2D eigenvalue weighted by atomic mass is 9.70. The van der Waals surface area contributed by atoms with Gasteiger partial charge in [0.25, 0.3) is 0 Å². The quantitative estimate of drug-likeness (QED) is 0.477. The van der Waals surface area contributed by atoms with E-state index in [1.165, 1.54) is 25.7 Å². The molecule has 3 aliphatic rings. The summed E-state index contributed by atoms with van der Waals surface area (Å²) in [5.41, 5.74) is 0. The van der Waals surface area contributed by atoms with Crippen molar-refractivity contribution in [3.8, 4) is 0 Å². The van der Waals surface area contributed by atoms with Gasteiger partial charge in [-0.2, -0.15) is 0 Å². The van der Waals surface area contributed by atoms with Gasteiger partial charge in [-0.1, -0.05) is 24.3 Å². The second-order valence-electron chi connectivity index (χ2n) is 4.57. The Balaban J connectivity index is 1.98. The number of hydrogen-bond acceptors (Lipinski definition) is 0. The number of hydrogen-bond donors (Lipinski definition) is 0. The molecule has 0 aromatic carbocycles. The van der Waals surface area contributed by atoms with Crippen LogP contribution in [0.4, 0.5) is 0 Å². The molecule has 0 aliphatic heterocycles. The van der Waals surface area contributed by atoms with Crippen molar-refractivity contribution in [2.24, 2.45) is 23.7 Å². The van der Waals surface area contributed by atoms with Gasteiger partial charge in [0.05, 0.1) is 0 Å². The van der Waals surface area contributed by atoms with Crippen LogP contribution < -0.4 is 0 Å². The SMILES string of the molecule is C1=CC2CCC3C=CCC(C1)C23. The lowest BCUT2D eigenvalue weighted by Crippen LogP contribution is -2.27. The molecule has 0 bridgehead atoms. The fraction of sp³-hybridized carbons (Fsp3) is 0.667. The summed E-state index contributed by atoms with van der Waals surface area (Å²) in [7, 11) is 0. The summed E-state index contributed by atoms with van der Waals surface area (Å²) in [6.45, 7) is 0. The van der Waals surface area contributed by atoms with Gasteiger partial charge in [-0.05, 0) is 49.4 Å². The molecular weight excluding hydrogens is 144 g/mol. The van der Waals surface area contributed by atoms with Gasteiger partial charge in [-0.3, -0.25) is 0 Å². The van der Waals surface area contributed by atoms with Gasteiger partial charge in [0.2, 0.25) is 0 Å². The van der Waals surface area contributed by atoms with Gasteiger partial charge in [0.15, 0.2) is 0 Å². The van der Waals surface area contributed by atoms with Crippen LogP contribution in [-0.4, -0.2) is 0 Å². The molecule has 12 heavy (non-hydrogen) atoms. The minimum absolute atomic E-state index is 0.943. The summed E-state index contributed by atoms with van der Waals surface area (Å²) < 4.78 is 0. The third kappa shape index (κ3) is 0.840. The average Bonchev–Trinajstić information content (AvgIpc) is 2.52. The zero-order chi connectivity index (χ0) is 7.97. The highest BCUT2D eigenvalue weighted by molar-refractivity contribution is 5.13.